The van der Waals surface area contributed by atoms with Crippen molar-refractivity contribution in [2.24, 2.45) is 5.92 Å². The average molecular weight is 273 g/mol. The second-order valence-electron chi connectivity index (χ2n) is 5.27. The fourth-order valence-electron chi connectivity index (χ4n) is 2.02. The monoisotopic (exact) mass is 273 g/mol. The lowest BCUT2D eigenvalue weighted by atomic mass is 10.00. The predicted octanol–water partition coefficient (Wildman–Crippen LogP) is 1.89. The minimum Gasteiger partial charge on any atom is -0.343 e. The number of benzene rings is 1. The summed E-state index contributed by atoms with van der Waals surface area (Å²) >= 11 is 0. The molecule has 0 bridgehead atoms. The molecule has 1 amide bonds. The summed E-state index contributed by atoms with van der Waals surface area (Å²) in [6.07, 6.45) is 1.06. The van der Waals surface area contributed by atoms with Crippen LogP contribution in [0.25, 0.3) is 0 Å². The standard InChI is InChI=1S/C14H19N5O/c1-9(2)8-11-4-6-12(7-5-11)10(3)15-14(20)13-16-18-19-17-13/h4-7,9-10H,8H2,1-3H3,(H,15,20)(H,16,17,18,19). The van der Waals surface area contributed by atoms with E-state index in [9.17, 15) is 4.79 Å². The van der Waals surface area contributed by atoms with E-state index in [1.54, 1.807) is 0 Å². The van der Waals surface area contributed by atoms with Gasteiger partial charge < -0.3 is 5.32 Å². The molecule has 106 valence electrons. The summed E-state index contributed by atoms with van der Waals surface area (Å²) in [6.45, 7) is 6.32. The van der Waals surface area contributed by atoms with E-state index in [0.717, 1.165) is 12.0 Å². The number of amides is 1. The molecule has 1 aromatic heterocycles. The lowest BCUT2D eigenvalue weighted by molar-refractivity contribution is 0.0929. The molecule has 1 aromatic carbocycles. The maximum absolute atomic E-state index is 11.8. The van der Waals surface area contributed by atoms with Crippen molar-refractivity contribution in [3.8, 4) is 0 Å². The van der Waals surface area contributed by atoms with Crippen molar-refractivity contribution in [1.82, 2.24) is 25.9 Å². The molecular weight excluding hydrogens is 254 g/mol. The van der Waals surface area contributed by atoms with Crippen molar-refractivity contribution in [3.05, 3.63) is 41.2 Å². The minimum absolute atomic E-state index is 0.0493. The molecule has 0 saturated carbocycles. The molecule has 0 radical (unpaired) electrons. The van der Waals surface area contributed by atoms with Gasteiger partial charge in [-0.15, -0.1) is 10.2 Å². The Balaban J connectivity index is 1.98. The highest BCUT2D eigenvalue weighted by atomic mass is 16.2. The first-order valence-electron chi connectivity index (χ1n) is 6.69. The Bertz CT molecular complexity index is 547. The van der Waals surface area contributed by atoms with Gasteiger partial charge in [0.1, 0.15) is 0 Å². The Morgan fingerprint density at radius 1 is 1.25 bits per heavy atom. The van der Waals surface area contributed by atoms with Crippen LogP contribution in [-0.2, 0) is 6.42 Å². The fraction of sp³-hybridized carbons (Fsp3) is 0.429. The molecule has 2 N–H and O–H groups in total. The van der Waals surface area contributed by atoms with Crippen LogP contribution < -0.4 is 5.32 Å². The number of rotatable bonds is 5. The van der Waals surface area contributed by atoms with Crippen molar-refractivity contribution in [2.75, 3.05) is 0 Å². The van der Waals surface area contributed by atoms with Gasteiger partial charge in [0.25, 0.3) is 11.7 Å². The number of carbonyl (C=O) groups excluding carboxylic acids is 1. The Kier molecular flexibility index (Phi) is 4.45. The molecule has 6 nitrogen and oxygen atoms in total. The number of carbonyl (C=O) groups is 1. The molecule has 0 fully saturated rings. The van der Waals surface area contributed by atoms with Gasteiger partial charge in [-0.05, 0) is 35.6 Å². The zero-order valence-electron chi connectivity index (χ0n) is 11.9. The van der Waals surface area contributed by atoms with Crippen molar-refractivity contribution in [3.63, 3.8) is 0 Å². The van der Waals surface area contributed by atoms with Gasteiger partial charge in [0.15, 0.2) is 0 Å². The number of hydrogen-bond donors (Lipinski definition) is 2. The van der Waals surface area contributed by atoms with E-state index in [2.05, 4.69) is 51.9 Å². The van der Waals surface area contributed by atoms with Gasteiger partial charge >= 0.3 is 0 Å². The summed E-state index contributed by atoms with van der Waals surface area (Å²) in [5.74, 6) is 0.349. The van der Waals surface area contributed by atoms with Crippen LogP contribution in [0.4, 0.5) is 0 Å². The van der Waals surface area contributed by atoms with Gasteiger partial charge in [0, 0.05) is 0 Å². The third-order valence-electron chi connectivity index (χ3n) is 3.02. The van der Waals surface area contributed by atoms with Crippen LogP contribution in [-0.4, -0.2) is 26.5 Å². The van der Waals surface area contributed by atoms with Crippen molar-refractivity contribution in [1.29, 1.82) is 0 Å². The Labute approximate surface area is 118 Å². The molecule has 1 heterocycles. The smallest absolute Gasteiger partial charge is 0.293 e. The number of hydrogen-bond acceptors (Lipinski definition) is 4. The van der Waals surface area contributed by atoms with Crippen molar-refractivity contribution < 1.29 is 4.79 Å². The summed E-state index contributed by atoms with van der Waals surface area (Å²) < 4.78 is 0. The molecule has 6 heteroatoms. The van der Waals surface area contributed by atoms with Crippen molar-refractivity contribution in [2.45, 2.75) is 33.2 Å². The Morgan fingerprint density at radius 3 is 2.50 bits per heavy atom. The van der Waals surface area contributed by atoms with Gasteiger partial charge in [-0.2, -0.15) is 5.21 Å². The van der Waals surface area contributed by atoms with E-state index in [1.807, 2.05) is 19.1 Å². The van der Waals surface area contributed by atoms with Crippen molar-refractivity contribution >= 4 is 5.91 Å². The molecule has 0 spiro atoms. The largest absolute Gasteiger partial charge is 0.343 e. The molecule has 2 aromatic rings. The Morgan fingerprint density at radius 2 is 1.95 bits per heavy atom. The third kappa shape index (κ3) is 3.63. The first-order valence-corrected chi connectivity index (χ1v) is 6.69. The third-order valence-corrected chi connectivity index (χ3v) is 3.02. The van der Waals surface area contributed by atoms with E-state index in [-0.39, 0.29) is 17.8 Å². The van der Waals surface area contributed by atoms with Gasteiger partial charge in [0.2, 0.25) is 0 Å². The predicted molar refractivity (Wildman–Crippen MR) is 75.0 cm³/mol. The molecule has 1 unspecified atom stereocenters. The number of tetrazole rings is 1. The van der Waals surface area contributed by atoms with Crippen LogP contribution in [0.2, 0.25) is 0 Å². The topological polar surface area (TPSA) is 83.6 Å². The highest BCUT2D eigenvalue weighted by Gasteiger charge is 2.14. The second kappa shape index (κ2) is 6.27. The van der Waals surface area contributed by atoms with Crippen LogP contribution >= 0.6 is 0 Å². The molecule has 0 aliphatic rings. The quantitative estimate of drug-likeness (QED) is 0.871. The normalized spacial score (nSPS) is 12.4. The van der Waals surface area contributed by atoms with Crippen LogP contribution in [0.15, 0.2) is 24.3 Å². The first-order chi connectivity index (χ1) is 9.56. The summed E-state index contributed by atoms with van der Waals surface area (Å²) in [4.78, 5) is 11.8. The lowest BCUT2D eigenvalue weighted by Crippen LogP contribution is -2.27. The maximum Gasteiger partial charge on any atom is 0.293 e. The SMILES string of the molecule is CC(C)Cc1ccc(C(C)NC(=O)c2nn[nH]n2)cc1. The van der Waals surface area contributed by atoms with Gasteiger partial charge in [0.05, 0.1) is 6.04 Å². The molecule has 2 rings (SSSR count). The maximum atomic E-state index is 11.8. The number of H-pyrrole nitrogens is 1. The summed E-state index contributed by atoms with van der Waals surface area (Å²) in [7, 11) is 0. The number of aromatic amines is 1. The summed E-state index contributed by atoms with van der Waals surface area (Å²) in [5, 5.41) is 15.8. The highest BCUT2D eigenvalue weighted by Crippen LogP contribution is 2.15. The van der Waals surface area contributed by atoms with E-state index in [4.69, 9.17) is 0 Å². The number of aromatic nitrogens is 4. The van der Waals surface area contributed by atoms with Gasteiger partial charge in [-0.25, -0.2) is 0 Å². The number of nitrogens with zero attached hydrogens (tertiary/aromatic N) is 3. The van der Waals surface area contributed by atoms with Crippen LogP contribution in [0.5, 0.6) is 0 Å². The average Bonchev–Trinajstić information content (AvgIpc) is 2.92. The first kappa shape index (κ1) is 14.2. The van der Waals surface area contributed by atoms with Gasteiger partial charge in [-0.3, -0.25) is 4.79 Å². The Hall–Kier alpha value is -2.24. The molecule has 20 heavy (non-hydrogen) atoms. The zero-order chi connectivity index (χ0) is 14.5. The summed E-state index contributed by atoms with van der Waals surface area (Å²) in [5.41, 5.74) is 2.36. The molecule has 1 atom stereocenters. The van der Waals surface area contributed by atoms with Crippen LogP contribution in [0.1, 0.15) is 48.6 Å². The summed E-state index contributed by atoms with van der Waals surface area (Å²) in [6, 6.07) is 8.19. The molecule has 0 saturated heterocycles. The highest BCUT2D eigenvalue weighted by molar-refractivity contribution is 5.90. The molecular formula is C14H19N5O. The molecule has 0 aliphatic heterocycles. The van der Waals surface area contributed by atoms with Crippen LogP contribution in [0, 0.1) is 5.92 Å². The van der Waals surface area contributed by atoms with E-state index < -0.39 is 0 Å². The second-order valence-corrected chi connectivity index (χ2v) is 5.27. The molecule has 0 aliphatic carbocycles. The lowest BCUT2D eigenvalue weighted by Gasteiger charge is -2.14. The van der Waals surface area contributed by atoms with Gasteiger partial charge in [-0.1, -0.05) is 38.1 Å². The van der Waals surface area contributed by atoms with E-state index in [0.29, 0.717) is 5.92 Å². The van der Waals surface area contributed by atoms with E-state index in [1.165, 1.54) is 5.56 Å². The fourth-order valence-corrected chi connectivity index (χ4v) is 2.02. The minimum atomic E-state index is -0.336. The van der Waals surface area contributed by atoms with Crippen LogP contribution in [0.3, 0.4) is 0 Å². The zero-order valence-corrected chi connectivity index (χ0v) is 11.9. The number of nitrogens with one attached hydrogen (secondary N) is 2. The van der Waals surface area contributed by atoms with E-state index >= 15 is 0 Å².